The number of phenolic OH excluding ortho intramolecular Hbond substituents is 1. The maximum absolute atomic E-state index is 10.7. The fraction of sp³-hybridized carbons (Fsp3) is 0.250. The lowest BCUT2D eigenvalue weighted by Crippen LogP contribution is -2.13. The minimum absolute atomic E-state index is 0.0877. The summed E-state index contributed by atoms with van der Waals surface area (Å²) in [4.78, 5) is 0. The summed E-state index contributed by atoms with van der Waals surface area (Å²) in [5.41, 5.74) is 6.12. The molecule has 0 radical (unpaired) electrons. The highest BCUT2D eigenvalue weighted by molar-refractivity contribution is 5.62. The second-order valence-corrected chi connectivity index (χ2v) is 7.99. The summed E-state index contributed by atoms with van der Waals surface area (Å²) in [5, 5.41) is 17.5. The quantitative estimate of drug-likeness (QED) is 0.496. The molecule has 3 aromatic rings. The maximum Gasteiger partial charge on any atom is 0.124 e. The zero-order chi connectivity index (χ0) is 19.4. The van der Waals surface area contributed by atoms with Crippen LogP contribution in [0.2, 0.25) is 0 Å². The molecule has 0 unspecified atom stereocenters. The Hall–Kier alpha value is -2.94. The van der Waals surface area contributed by atoms with Crippen molar-refractivity contribution in [2.75, 3.05) is 10.6 Å². The number of rotatable bonds is 5. The van der Waals surface area contributed by atoms with E-state index < -0.39 is 0 Å². The van der Waals surface area contributed by atoms with Crippen molar-refractivity contribution in [2.45, 2.75) is 39.7 Å². The summed E-state index contributed by atoms with van der Waals surface area (Å²) in [7, 11) is 0. The van der Waals surface area contributed by atoms with Crippen LogP contribution in [0.25, 0.3) is 0 Å². The van der Waals surface area contributed by atoms with E-state index in [1.165, 1.54) is 0 Å². The number of para-hydroxylation sites is 1. The van der Waals surface area contributed by atoms with Crippen LogP contribution in [0.1, 0.15) is 37.5 Å². The molecule has 0 fully saturated rings. The number of aromatic hydroxyl groups is 1. The average molecular weight is 361 g/mol. The summed E-state index contributed by atoms with van der Waals surface area (Å²) >= 11 is 0. The van der Waals surface area contributed by atoms with Crippen LogP contribution in [0, 0.1) is 6.92 Å². The number of aryl methyl sites for hydroxylation is 1. The molecule has 3 nitrogen and oxygen atoms in total. The minimum atomic E-state index is -0.0877. The maximum atomic E-state index is 10.7. The molecular weight excluding hydrogens is 332 g/mol. The molecule has 3 heteroatoms. The van der Waals surface area contributed by atoms with Crippen molar-refractivity contribution in [3.63, 3.8) is 0 Å². The highest BCUT2D eigenvalue weighted by Crippen LogP contribution is 2.34. The number of benzene rings is 3. The number of hydrogen-bond donors (Lipinski definition) is 3. The van der Waals surface area contributed by atoms with Gasteiger partial charge in [-0.2, -0.15) is 0 Å². The SMILES string of the molecule is Cc1cc(CNc2ccc(Nc3ccccc3)cc2)c(O)c(C(C)(C)C)c1. The summed E-state index contributed by atoms with van der Waals surface area (Å²) in [5.74, 6) is 0.392. The van der Waals surface area contributed by atoms with E-state index in [9.17, 15) is 5.11 Å². The molecule has 0 spiro atoms. The van der Waals surface area contributed by atoms with E-state index in [-0.39, 0.29) is 5.41 Å². The van der Waals surface area contributed by atoms with Crippen molar-refractivity contribution in [3.8, 4) is 5.75 Å². The first kappa shape index (κ1) is 18.8. The summed E-state index contributed by atoms with van der Waals surface area (Å²) in [6, 6.07) is 22.4. The summed E-state index contributed by atoms with van der Waals surface area (Å²) in [6.07, 6.45) is 0. The largest absolute Gasteiger partial charge is 0.507 e. The lowest BCUT2D eigenvalue weighted by molar-refractivity contribution is 0.441. The van der Waals surface area contributed by atoms with Gasteiger partial charge in [-0.3, -0.25) is 0 Å². The van der Waals surface area contributed by atoms with Crippen LogP contribution in [-0.4, -0.2) is 5.11 Å². The van der Waals surface area contributed by atoms with Crippen molar-refractivity contribution >= 4 is 17.1 Å². The van der Waals surface area contributed by atoms with Crippen LogP contribution in [-0.2, 0) is 12.0 Å². The van der Waals surface area contributed by atoms with Gasteiger partial charge in [-0.15, -0.1) is 0 Å². The lowest BCUT2D eigenvalue weighted by Gasteiger charge is -2.23. The second kappa shape index (κ2) is 7.75. The molecule has 0 saturated carbocycles. The van der Waals surface area contributed by atoms with E-state index in [4.69, 9.17) is 0 Å². The monoisotopic (exact) mass is 360 g/mol. The fourth-order valence-electron chi connectivity index (χ4n) is 3.12. The Labute approximate surface area is 162 Å². The van der Waals surface area contributed by atoms with Crippen molar-refractivity contribution < 1.29 is 5.11 Å². The zero-order valence-corrected chi connectivity index (χ0v) is 16.5. The van der Waals surface area contributed by atoms with Crippen LogP contribution >= 0.6 is 0 Å². The molecule has 0 aromatic heterocycles. The summed E-state index contributed by atoms with van der Waals surface area (Å²) < 4.78 is 0. The van der Waals surface area contributed by atoms with Crippen molar-refractivity contribution in [3.05, 3.63) is 83.4 Å². The van der Waals surface area contributed by atoms with Gasteiger partial charge in [0.15, 0.2) is 0 Å². The standard InChI is InChI=1S/C24H28N2O/c1-17-14-18(23(27)22(15-17)24(2,3)4)16-25-19-10-12-21(13-11-19)26-20-8-6-5-7-9-20/h5-15,25-27H,16H2,1-4H3. The Bertz CT molecular complexity index is 894. The number of anilines is 3. The van der Waals surface area contributed by atoms with Gasteiger partial charge in [0.25, 0.3) is 0 Å². The first-order valence-electron chi connectivity index (χ1n) is 9.32. The molecule has 3 N–H and O–H groups in total. The molecule has 0 saturated heterocycles. The molecule has 0 amide bonds. The molecule has 27 heavy (non-hydrogen) atoms. The average Bonchev–Trinajstić information content (AvgIpc) is 2.63. The Morgan fingerprint density at radius 2 is 1.41 bits per heavy atom. The van der Waals surface area contributed by atoms with E-state index in [2.05, 4.69) is 44.4 Å². The van der Waals surface area contributed by atoms with Gasteiger partial charge in [-0.1, -0.05) is 56.7 Å². The van der Waals surface area contributed by atoms with E-state index in [1.807, 2.05) is 60.7 Å². The third-order valence-corrected chi connectivity index (χ3v) is 4.57. The van der Waals surface area contributed by atoms with E-state index in [1.54, 1.807) is 0 Å². The van der Waals surface area contributed by atoms with Gasteiger partial charge < -0.3 is 15.7 Å². The van der Waals surface area contributed by atoms with Crippen molar-refractivity contribution in [2.24, 2.45) is 0 Å². The third-order valence-electron chi connectivity index (χ3n) is 4.57. The van der Waals surface area contributed by atoms with E-state index >= 15 is 0 Å². The fourth-order valence-corrected chi connectivity index (χ4v) is 3.12. The van der Waals surface area contributed by atoms with Gasteiger partial charge in [0.1, 0.15) is 5.75 Å². The molecule has 0 bridgehead atoms. The third kappa shape index (κ3) is 4.82. The Morgan fingerprint density at radius 3 is 2.04 bits per heavy atom. The Morgan fingerprint density at radius 1 is 0.815 bits per heavy atom. The van der Waals surface area contributed by atoms with Crippen LogP contribution in [0.15, 0.2) is 66.7 Å². The molecule has 0 heterocycles. The van der Waals surface area contributed by atoms with E-state index in [0.717, 1.165) is 33.8 Å². The number of nitrogens with one attached hydrogen (secondary N) is 2. The normalized spacial score (nSPS) is 11.3. The number of hydrogen-bond acceptors (Lipinski definition) is 3. The molecular formula is C24H28N2O. The summed E-state index contributed by atoms with van der Waals surface area (Å²) in [6.45, 7) is 9.02. The van der Waals surface area contributed by atoms with Gasteiger partial charge in [-0.05, 0) is 54.3 Å². The van der Waals surface area contributed by atoms with Gasteiger partial charge in [0, 0.05) is 29.2 Å². The van der Waals surface area contributed by atoms with Crippen LogP contribution in [0.5, 0.6) is 5.75 Å². The smallest absolute Gasteiger partial charge is 0.124 e. The van der Waals surface area contributed by atoms with Crippen LogP contribution in [0.3, 0.4) is 0 Å². The van der Waals surface area contributed by atoms with Crippen molar-refractivity contribution in [1.82, 2.24) is 0 Å². The van der Waals surface area contributed by atoms with Crippen LogP contribution < -0.4 is 10.6 Å². The molecule has 3 aromatic carbocycles. The van der Waals surface area contributed by atoms with Gasteiger partial charge in [0.05, 0.1) is 0 Å². The predicted molar refractivity (Wildman–Crippen MR) is 115 cm³/mol. The Balaban J connectivity index is 1.69. The van der Waals surface area contributed by atoms with E-state index in [0.29, 0.717) is 12.3 Å². The number of phenols is 1. The van der Waals surface area contributed by atoms with Gasteiger partial charge >= 0.3 is 0 Å². The molecule has 0 atom stereocenters. The predicted octanol–water partition coefficient (Wildman–Crippen LogP) is 6.35. The van der Waals surface area contributed by atoms with Crippen molar-refractivity contribution in [1.29, 1.82) is 0 Å². The first-order valence-corrected chi connectivity index (χ1v) is 9.32. The molecule has 0 aliphatic carbocycles. The highest BCUT2D eigenvalue weighted by atomic mass is 16.3. The topological polar surface area (TPSA) is 44.3 Å². The Kier molecular flexibility index (Phi) is 5.41. The molecule has 0 aliphatic rings. The van der Waals surface area contributed by atoms with Gasteiger partial charge in [0.2, 0.25) is 0 Å². The molecule has 3 rings (SSSR count). The second-order valence-electron chi connectivity index (χ2n) is 7.99. The lowest BCUT2D eigenvalue weighted by atomic mass is 9.84. The molecule has 0 aliphatic heterocycles. The zero-order valence-electron chi connectivity index (χ0n) is 16.5. The van der Waals surface area contributed by atoms with Crippen LogP contribution in [0.4, 0.5) is 17.1 Å². The minimum Gasteiger partial charge on any atom is -0.507 e. The molecule has 140 valence electrons. The van der Waals surface area contributed by atoms with Gasteiger partial charge in [-0.25, -0.2) is 0 Å². The first-order chi connectivity index (χ1) is 12.8. The highest BCUT2D eigenvalue weighted by Gasteiger charge is 2.20.